The molecule has 2 aromatic rings. The number of ether oxygens (including phenoxy) is 2. The number of pyridine rings is 1. The van der Waals surface area contributed by atoms with Crippen LogP contribution in [-0.4, -0.2) is 62.3 Å². The first-order valence-electron chi connectivity index (χ1n) is 10.5. The molecule has 0 bridgehead atoms. The van der Waals surface area contributed by atoms with Crippen molar-refractivity contribution < 1.29 is 9.47 Å². The molecule has 1 N–H and O–H groups in total. The fourth-order valence-electron chi connectivity index (χ4n) is 3.51. The van der Waals surface area contributed by atoms with Crippen LogP contribution in [0.1, 0.15) is 25.0 Å². The molecule has 1 atom stereocenters. The van der Waals surface area contributed by atoms with Crippen molar-refractivity contribution in [1.29, 1.82) is 0 Å². The van der Waals surface area contributed by atoms with E-state index in [1.807, 2.05) is 32.3 Å². The summed E-state index contributed by atoms with van der Waals surface area (Å²) in [5.74, 6) is 2.75. The topological polar surface area (TPSA) is 62.2 Å². The van der Waals surface area contributed by atoms with E-state index in [1.54, 1.807) is 7.05 Å². The molecule has 3 rings (SSSR count). The Morgan fingerprint density at radius 1 is 1.27 bits per heavy atom. The second-order valence-electron chi connectivity index (χ2n) is 7.49. The van der Waals surface area contributed by atoms with E-state index in [4.69, 9.17) is 9.47 Å². The quantitative estimate of drug-likeness (QED) is 0.558. The van der Waals surface area contributed by atoms with Gasteiger partial charge in [0.15, 0.2) is 5.96 Å². The van der Waals surface area contributed by atoms with Gasteiger partial charge in [-0.2, -0.15) is 0 Å². The van der Waals surface area contributed by atoms with Crippen molar-refractivity contribution in [2.24, 2.45) is 4.99 Å². The van der Waals surface area contributed by atoms with Crippen LogP contribution in [0.25, 0.3) is 0 Å². The van der Waals surface area contributed by atoms with E-state index in [-0.39, 0.29) is 6.10 Å². The number of hydrogen-bond donors (Lipinski definition) is 1. The number of aliphatic imine (C=N–C) groups is 1. The van der Waals surface area contributed by atoms with Gasteiger partial charge in [0, 0.05) is 46.5 Å². The molecule has 1 unspecified atom stereocenters. The first kappa shape index (κ1) is 21.9. The number of nitrogens with zero attached hydrogens (tertiary/aromatic N) is 4. The Kier molecular flexibility index (Phi) is 7.90. The predicted octanol–water partition coefficient (Wildman–Crippen LogP) is 2.91. The predicted molar refractivity (Wildman–Crippen MR) is 121 cm³/mol. The molecule has 2 heterocycles. The van der Waals surface area contributed by atoms with Crippen molar-refractivity contribution in [2.45, 2.75) is 33.0 Å². The zero-order chi connectivity index (χ0) is 21.3. The van der Waals surface area contributed by atoms with Gasteiger partial charge in [-0.1, -0.05) is 18.2 Å². The molecular weight excluding hydrogens is 378 g/mol. The molecule has 7 heteroatoms. The van der Waals surface area contributed by atoms with Crippen LogP contribution in [0.2, 0.25) is 0 Å². The highest BCUT2D eigenvalue weighted by Crippen LogP contribution is 2.16. The van der Waals surface area contributed by atoms with Gasteiger partial charge in [0.25, 0.3) is 0 Å². The Bertz CT molecular complexity index is 807. The van der Waals surface area contributed by atoms with Crippen LogP contribution in [0.4, 0.5) is 5.82 Å². The number of guanidine groups is 1. The second-order valence-corrected chi connectivity index (χ2v) is 7.49. The molecule has 0 aliphatic carbocycles. The average Bonchev–Trinajstić information content (AvgIpc) is 2.76. The third-order valence-electron chi connectivity index (χ3n) is 5.05. The molecule has 1 fully saturated rings. The molecule has 0 radical (unpaired) electrons. The van der Waals surface area contributed by atoms with Crippen molar-refractivity contribution in [3.05, 3.63) is 53.7 Å². The number of rotatable bonds is 7. The molecule has 0 saturated carbocycles. The Balaban J connectivity index is 1.51. The van der Waals surface area contributed by atoms with Gasteiger partial charge < -0.3 is 24.6 Å². The van der Waals surface area contributed by atoms with Gasteiger partial charge in [0.2, 0.25) is 0 Å². The first-order chi connectivity index (χ1) is 14.6. The molecule has 30 heavy (non-hydrogen) atoms. The molecule has 1 aromatic heterocycles. The minimum atomic E-state index is 0.246. The standard InChI is InChI=1S/C23H33N5O2/c1-5-29-21-9-6-19(7-10-21)17-27(4)23(24-3)26-15-20-8-11-22(25-14-20)28-12-13-30-18(2)16-28/h6-11,14,18H,5,12-13,15-17H2,1-4H3,(H,24,26). The van der Waals surface area contributed by atoms with Crippen LogP contribution in [0.15, 0.2) is 47.6 Å². The van der Waals surface area contributed by atoms with Crippen LogP contribution in [0.3, 0.4) is 0 Å². The van der Waals surface area contributed by atoms with Crippen molar-refractivity contribution in [3.8, 4) is 5.75 Å². The summed E-state index contributed by atoms with van der Waals surface area (Å²) in [6.07, 6.45) is 2.18. The third kappa shape index (κ3) is 6.10. The van der Waals surface area contributed by atoms with E-state index >= 15 is 0 Å². The van der Waals surface area contributed by atoms with Crippen LogP contribution < -0.4 is 15.0 Å². The fourth-order valence-corrected chi connectivity index (χ4v) is 3.51. The van der Waals surface area contributed by atoms with Gasteiger partial charge in [-0.3, -0.25) is 4.99 Å². The minimum absolute atomic E-state index is 0.246. The summed E-state index contributed by atoms with van der Waals surface area (Å²) < 4.78 is 11.1. The molecule has 1 aromatic carbocycles. The van der Waals surface area contributed by atoms with E-state index < -0.39 is 0 Å². The monoisotopic (exact) mass is 411 g/mol. The number of morpholine rings is 1. The maximum Gasteiger partial charge on any atom is 0.193 e. The lowest BCUT2D eigenvalue weighted by molar-refractivity contribution is 0.0529. The van der Waals surface area contributed by atoms with Crippen molar-refractivity contribution >= 4 is 11.8 Å². The second kappa shape index (κ2) is 10.8. The molecule has 162 valence electrons. The largest absolute Gasteiger partial charge is 0.494 e. The van der Waals surface area contributed by atoms with Crippen molar-refractivity contribution in [2.75, 3.05) is 45.3 Å². The summed E-state index contributed by atoms with van der Waals surface area (Å²) in [4.78, 5) is 13.4. The van der Waals surface area contributed by atoms with Gasteiger partial charge in [0.1, 0.15) is 11.6 Å². The smallest absolute Gasteiger partial charge is 0.193 e. The van der Waals surface area contributed by atoms with Crippen molar-refractivity contribution in [3.63, 3.8) is 0 Å². The van der Waals surface area contributed by atoms with E-state index in [1.165, 1.54) is 5.56 Å². The van der Waals surface area contributed by atoms with Crippen LogP contribution >= 0.6 is 0 Å². The summed E-state index contributed by atoms with van der Waals surface area (Å²) in [7, 11) is 3.84. The molecule has 1 saturated heterocycles. The lowest BCUT2D eigenvalue weighted by atomic mass is 10.2. The van der Waals surface area contributed by atoms with Crippen LogP contribution in [0, 0.1) is 0 Å². The zero-order valence-corrected chi connectivity index (χ0v) is 18.5. The highest BCUT2D eigenvalue weighted by atomic mass is 16.5. The first-order valence-corrected chi connectivity index (χ1v) is 10.5. The summed E-state index contributed by atoms with van der Waals surface area (Å²) in [6, 6.07) is 12.4. The Labute approximate surface area is 179 Å². The molecule has 7 nitrogen and oxygen atoms in total. The number of hydrogen-bond acceptors (Lipinski definition) is 5. The van der Waals surface area contributed by atoms with Gasteiger partial charge in [-0.15, -0.1) is 0 Å². The normalized spacial score (nSPS) is 17.0. The Hall–Kier alpha value is -2.80. The molecule has 0 spiro atoms. The van der Waals surface area contributed by atoms with E-state index in [0.717, 1.165) is 49.3 Å². The van der Waals surface area contributed by atoms with Gasteiger partial charge >= 0.3 is 0 Å². The lowest BCUT2D eigenvalue weighted by Gasteiger charge is -2.32. The molecular formula is C23H33N5O2. The average molecular weight is 412 g/mol. The highest BCUT2D eigenvalue weighted by Gasteiger charge is 2.17. The lowest BCUT2D eigenvalue weighted by Crippen LogP contribution is -2.41. The molecule has 0 amide bonds. The molecule has 1 aliphatic heterocycles. The number of benzene rings is 1. The third-order valence-corrected chi connectivity index (χ3v) is 5.05. The summed E-state index contributed by atoms with van der Waals surface area (Å²) >= 11 is 0. The summed E-state index contributed by atoms with van der Waals surface area (Å²) in [6.45, 7) is 8.72. The van der Waals surface area contributed by atoms with E-state index in [0.29, 0.717) is 13.2 Å². The van der Waals surface area contributed by atoms with Gasteiger partial charge in [-0.05, 0) is 43.2 Å². The SMILES string of the molecule is CCOc1ccc(CN(C)C(=NC)NCc2ccc(N3CCOC(C)C3)nc2)cc1. The van der Waals surface area contributed by atoms with E-state index in [9.17, 15) is 0 Å². The number of aromatic nitrogens is 1. The minimum Gasteiger partial charge on any atom is -0.494 e. The van der Waals surface area contributed by atoms with E-state index in [2.05, 4.69) is 56.3 Å². The van der Waals surface area contributed by atoms with Crippen LogP contribution in [-0.2, 0) is 17.8 Å². The number of nitrogens with one attached hydrogen (secondary N) is 1. The van der Waals surface area contributed by atoms with Crippen LogP contribution in [0.5, 0.6) is 5.75 Å². The highest BCUT2D eigenvalue weighted by molar-refractivity contribution is 5.79. The van der Waals surface area contributed by atoms with Gasteiger partial charge in [0.05, 0.1) is 19.3 Å². The Morgan fingerprint density at radius 2 is 2.03 bits per heavy atom. The summed E-state index contributed by atoms with van der Waals surface area (Å²) in [5, 5.41) is 3.42. The summed E-state index contributed by atoms with van der Waals surface area (Å²) in [5.41, 5.74) is 2.32. The maximum atomic E-state index is 5.61. The van der Waals surface area contributed by atoms with Crippen molar-refractivity contribution in [1.82, 2.24) is 15.2 Å². The Morgan fingerprint density at radius 3 is 2.67 bits per heavy atom. The molecule has 1 aliphatic rings. The fraction of sp³-hybridized carbons (Fsp3) is 0.478. The zero-order valence-electron chi connectivity index (χ0n) is 18.5. The van der Waals surface area contributed by atoms with Gasteiger partial charge in [-0.25, -0.2) is 4.98 Å². The number of anilines is 1. The maximum absolute atomic E-state index is 5.61.